The first kappa shape index (κ1) is 21.5. The Hall–Kier alpha value is -1.31. The van der Waals surface area contributed by atoms with E-state index in [1.165, 1.54) is 43.9 Å². The number of thiocarbonyl (C=S) groups is 1. The van der Waals surface area contributed by atoms with Crippen LogP contribution in [-0.2, 0) is 6.18 Å². The molecule has 1 N–H and O–H groups in total. The molecule has 1 aliphatic carbocycles. The maximum absolute atomic E-state index is 13.2. The van der Waals surface area contributed by atoms with E-state index >= 15 is 0 Å². The van der Waals surface area contributed by atoms with E-state index in [1.54, 1.807) is 0 Å². The van der Waals surface area contributed by atoms with Crippen molar-refractivity contribution in [3.8, 4) is 0 Å². The molecule has 0 spiro atoms. The Labute approximate surface area is 191 Å². The molecule has 1 aromatic rings. The number of anilines is 1. The average molecular weight is 470 g/mol. The molecule has 3 nitrogen and oxygen atoms in total. The number of piperidine rings is 3. The van der Waals surface area contributed by atoms with Crippen molar-refractivity contribution in [3.63, 3.8) is 0 Å². The molecule has 3 heterocycles. The number of hydrogen-bond donors (Lipinski definition) is 1. The molecule has 4 atom stereocenters. The summed E-state index contributed by atoms with van der Waals surface area (Å²) in [6.45, 7) is 3.08. The number of nitrogens with zero attached hydrogens (tertiary/aromatic N) is 2. The fourth-order valence-electron chi connectivity index (χ4n) is 6.19. The third kappa shape index (κ3) is 4.09. The second-order valence-electron chi connectivity index (χ2n) is 9.32. The van der Waals surface area contributed by atoms with Gasteiger partial charge in [0.25, 0.3) is 0 Å². The van der Waals surface area contributed by atoms with Crippen LogP contribution in [0.5, 0.6) is 0 Å². The van der Waals surface area contributed by atoms with Gasteiger partial charge in [0.15, 0.2) is 5.11 Å². The second kappa shape index (κ2) is 8.23. The molecule has 8 heteroatoms. The van der Waals surface area contributed by atoms with Crippen LogP contribution in [-0.4, -0.2) is 46.6 Å². The lowest BCUT2D eigenvalue weighted by atomic mass is 9.68. The maximum Gasteiger partial charge on any atom is 0.416 e. The lowest BCUT2D eigenvalue weighted by Crippen LogP contribution is -2.60. The van der Waals surface area contributed by atoms with E-state index in [4.69, 9.17) is 23.8 Å². The standard InChI is InChI=1S/C23H27ClF3N3S/c24-18-7-6-17(23(25,26)27)12-19(18)28-22(31)30-9-3-4-14-10-15-11-16(21(14)30)13-29-8-2-1-5-20(15)29/h6-7,10,12,15-16,20-21H,1-5,8-9,11,13H2,(H,28,31)/t15?,16?,20-,21-/m1/s1. The van der Waals surface area contributed by atoms with Crippen LogP contribution in [0.25, 0.3) is 0 Å². The molecule has 31 heavy (non-hydrogen) atoms. The molecule has 0 amide bonds. The van der Waals surface area contributed by atoms with Gasteiger partial charge in [-0.25, -0.2) is 0 Å². The quantitative estimate of drug-likeness (QED) is 0.404. The van der Waals surface area contributed by atoms with Crippen molar-refractivity contribution in [3.05, 3.63) is 40.4 Å². The number of rotatable bonds is 1. The first-order valence-electron chi connectivity index (χ1n) is 11.2. The van der Waals surface area contributed by atoms with E-state index < -0.39 is 11.7 Å². The molecule has 3 fully saturated rings. The number of benzene rings is 1. The highest BCUT2D eigenvalue weighted by atomic mass is 35.5. The first-order chi connectivity index (χ1) is 14.8. The lowest BCUT2D eigenvalue weighted by molar-refractivity contribution is -0.137. The van der Waals surface area contributed by atoms with Gasteiger partial charge in [-0.1, -0.05) is 29.7 Å². The zero-order valence-electron chi connectivity index (χ0n) is 17.3. The van der Waals surface area contributed by atoms with Crippen LogP contribution in [0.3, 0.4) is 0 Å². The summed E-state index contributed by atoms with van der Waals surface area (Å²) in [4.78, 5) is 4.87. The number of alkyl halides is 3. The predicted octanol–water partition coefficient (Wildman–Crippen LogP) is 5.95. The summed E-state index contributed by atoms with van der Waals surface area (Å²) < 4.78 is 39.5. The van der Waals surface area contributed by atoms with Gasteiger partial charge in [-0.3, -0.25) is 4.90 Å². The van der Waals surface area contributed by atoms with Crippen LogP contribution in [0.1, 0.15) is 44.1 Å². The zero-order valence-corrected chi connectivity index (χ0v) is 18.9. The molecule has 168 valence electrons. The molecule has 0 aromatic heterocycles. The minimum Gasteiger partial charge on any atom is -0.342 e. The van der Waals surface area contributed by atoms with Gasteiger partial charge in [-0.15, -0.1) is 0 Å². The molecule has 0 saturated carbocycles. The number of likely N-dealkylation sites (tertiary alicyclic amines) is 1. The van der Waals surface area contributed by atoms with E-state index in [2.05, 4.69) is 21.2 Å². The largest absolute Gasteiger partial charge is 0.416 e. The summed E-state index contributed by atoms with van der Waals surface area (Å²) in [7, 11) is 0. The van der Waals surface area contributed by atoms with Crippen molar-refractivity contribution < 1.29 is 13.2 Å². The Bertz CT molecular complexity index is 903. The van der Waals surface area contributed by atoms with Crippen molar-refractivity contribution in [2.24, 2.45) is 11.8 Å². The minimum atomic E-state index is -4.42. The van der Waals surface area contributed by atoms with Gasteiger partial charge in [-0.05, 0) is 80.9 Å². The van der Waals surface area contributed by atoms with Crippen LogP contribution in [0.15, 0.2) is 29.8 Å². The topological polar surface area (TPSA) is 18.5 Å². The summed E-state index contributed by atoms with van der Waals surface area (Å²) in [5, 5.41) is 3.75. The summed E-state index contributed by atoms with van der Waals surface area (Å²) >= 11 is 11.9. The van der Waals surface area contributed by atoms with Gasteiger partial charge < -0.3 is 10.2 Å². The molecule has 3 saturated heterocycles. The molecule has 3 aliphatic heterocycles. The molecule has 1 aromatic carbocycles. The number of halogens is 4. The monoisotopic (exact) mass is 469 g/mol. The van der Waals surface area contributed by atoms with Gasteiger partial charge >= 0.3 is 6.18 Å². The van der Waals surface area contributed by atoms with E-state index in [0.29, 0.717) is 23.0 Å². The Morgan fingerprint density at radius 3 is 2.81 bits per heavy atom. The van der Waals surface area contributed by atoms with Gasteiger partial charge in [0, 0.05) is 19.1 Å². The SMILES string of the molecule is FC(F)(F)c1ccc(Cl)c(NC(=S)N2CCCC3=CC4CC(CN5CCCC[C@H]45)[C@@H]32)c1. The van der Waals surface area contributed by atoms with Crippen molar-refractivity contribution in [1.82, 2.24) is 9.80 Å². The van der Waals surface area contributed by atoms with Crippen molar-refractivity contribution in [1.29, 1.82) is 0 Å². The normalized spacial score (nSPS) is 30.8. The van der Waals surface area contributed by atoms with E-state index in [9.17, 15) is 13.2 Å². The molecule has 4 aliphatic rings. The number of fused-ring (bicyclic) bond motifs is 6. The van der Waals surface area contributed by atoms with Crippen LogP contribution in [0.2, 0.25) is 5.02 Å². The first-order valence-corrected chi connectivity index (χ1v) is 12.0. The van der Waals surface area contributed by atoms with Gasteiger partial charge in [-0.2, -0.15) is 13.2 Å². The molecule has 2 unspecified atom stereocenters. The molecular weight excluding hydrogens is 443 g/mol. The van der Waals surface area contributed by atoms with Crippen LogP contribution in [0, 0.1) is 11.8 Å². The highest BCUT2D eigenvalue weighted by Gasteiger charge is 2.46. The van der Waals surface area contributed by atoms with E-state index in [-0.39, 0.29) is 16.8 Å². The molecule has 0 radical (unpaired) electrons. The second-order valence-corrected chi connectivity index (χ2v) is 10.1. The molecule has 5 rings (SSSR count). The number of nitrogens with one attached hydrogen (secondary N) is 1. The Kier molecular flexibility index (Phi) is 5.72. The van der Waals surface area contributed by atoms with Crippen molar-refractivity contribution in [2.45, 2.75) is 56.8 Å². The Morgan fingerprint density at radius 2 is 2.00 bits per heavy atom. The molecule has 2 bridgehead atoms. The summed E-state index contributed by atoms with van der Waals surface area (Å²) in [6, 6.07) is 4.24. The lowest BCUT2D eigenvalue weighted by Gasteiger charge is -2.55. The Balaban J connectivity index is 1.39. The maximum atomic E-state index is 13.2. The van der Waals surface area contributed by atoms with Crippen LogP contribution >= 0.6 is 23.8 Å². The van der Waals surface area contributed by atoms with Gasteiger partial charge in [0.05, 0.1) is 22.3 Å². The van der Waals surface area contributed by atoms with E-state index in [1.807, 2.05) is 0 Å². The Morgan fingerprint density at radius 1 is 1.16 bits per heavy atom. The summed E-state index contributed by atoms with van der Waals surface area (Å²) in [5.74, 6) is 1.14. The predicted molar refractivity (Wildman–Crippen MR) is 121 cm³/mol. The fourth-order valence-corrected chi connectivity index (χ4v) is 6.67. The summed E-state index contributed by atoms with van der Waals surface area (Å²) in [5.41, 5.74) is 0.952. The van der Waals surface area contributed by atoms with Crippen molar-refractivity contribution in [2.75, 3.05) is 25.0 Å². The third-order valence-electron chi connectivity index (χ3n) is 7.45. The fraction of sp³-hybridized carbons (Fsp3) is 0.609. The zero-order chi connectivity index (χ0) is 21.8. The van der Waals surface area contributed by atoms with Crippen LogP contribution < -0.4 is 5.32 Å². The number of hydrogen-bond acceptors (Lipinski definition) is 2. The highest BCUT2D eigenvalue weighted by Crippen LogP contribution is 2.45. The van der Waals surface area contributed by atoms with Crippen molar-refractivity contribution >= 4 is 34.6 Å². The van der Waals surface area contributed by atoms with Gasteiger partial charge in [0.1, 0.15) is 0 Å². The van der Waals surface area contributed by atoms with Gasteiger partial charge in [0.2, 0.25) is 0 Å². The molecular formula is C23H27ClF3N3S. The van der Waals surface area contributed by atoms with Crippen LogP contribution in [0.4, 0.5) is 18.9 Å². The summed E-state index contributed by atoms with van der Waals surface area (Å²) in [6.07, 6.45) is 5.26. The third-order valence-corrected chi connectivity index (χ3v) is 8.12. The average Bonchev–Trinajstić information content (AvgIpc) is 2.74. The minimum absolute atomic E-state index is 0.214. The highest BCUT2D eigenvalue weighted by molar-refractivity contribution is 7.80. The smallest absolute Gasteiger partial charge is 0.342 e. The van der Waals surface area contributed by atoms with E-state index in [0.717, 1.165) is 38.1 Å².